The molecule has 0 heterocycles. The molecule has 9 heavy (non-hydrogen) atoms. The summed E-state index contributed by atoms with van der Waals surface area (Å²) in [4.78, 5) is 0. The Kier molecular flexibility index (Phi) is 7.86. The van der Waals surface area contributed by atoms with E-state index in [0.717, 1.165) is 0 Å². The van der Waals surface area contributed by atoms with Gasteiger partial charge in [0.2, 0.25) is 0 Å². The smallest absolute Gasteiger partial charge is 1.00 e. The SMILES string of the molecule is CCCOS(N)(=O)=O.[H-].[Na+]. The Labute approximate surface area is 78.8 Å². The summed E-state index contributed by atoms with van der Waals surface area (Å²) in [5, 5.41) is 4.47. The van der Waals surface area contributed by atoms with E-state index in [1.165, 1.54) is 0 Å². The Hall–Kier alpha value is 0.870. The fourth-order valence-electron chi connectivity index (χ4n) is 0.199. The minimum atomic E-state index is -3.69. The molecule has 0 radical (unpaired) electrons. The standard InChI is InChI=1S/C3H9NO3S.Na.H/c1-2-3-7-8(4,5)6;;/h2-3H2,1H3,(H2,4,5,6);;/q;+1;-1. The first-order valence-electron chi connectivity index (χ1n) is 2.23. The van der Waals surface area contributed by atoms with Crippen molar-refractivity contribution >= 4 is 10.3 Å². The van der Waals surface area contributed by atoms with Crippen molar-refractivity contribution in [1.82, 2.24) is 0 Å². The molecule has 0 saturated heterocycles. The molecule has 0 aromatic rings. The third-order valence-electron chi connectivity index (χ3n) is 0.452. The van der Waals surface area contributed by atoms with Gasteiger partial charge in [0.05, 0.1) is 6.61 Å². The van der Waals surface area contributed by atoms with Gasteiger partial charge in [-0.15, -0.1) is 0 Å². The van der Waals surface area contributed by atoms with E-state index in [4.69, 9.17) is 0 Å². The average molecular weight is 163 g/mol. The monoisotopic (exact) mass is 163 g/mol. The molecule has 0 saturated carbocycles. The molecule has 4 nitrogen and oxygen atoms in total. The average Bonchev–Trinajstić information content (AvgIpc) is 1.59. The minimum absolute atomic E-state index is 0. The molecule has 0 amide bonds. The second-order valence-corrected chi connectivity index (χ2v) is 2.54. The molecule has 0 aliphatic heterocycles. The van der Waals surface area contributed by atoms with E-state index in [-0.39, 0.29) is 37.6 Å². The van der Waals surface area contributed by atoms with E-state index >= 15 is 0 Å². The Balaban J connectivity index is -0.000000245. The number of hydrogen-bond acceptors (Lipinski definition) is 3. The van der Waals surface area contributed by atoms with Crippen LogP contribution in [0.2, 0.25) is 0 Å². The fourth-order valence-corrected chi connectivity index (χ4v) is 0.598. The van der Waals surface area contributed by atoms with Crippen LogP contribution in [0.25, 0.3) is 0 Å². The molecule has 6 heteroatoms. The molecule has 2 N–H and O–H groups in total. The van der Waals surface area contributed by atoms with Gasteiger partial charge in [0.25, 0.3) is 0 Å². The molecule has 52 valence electrons. The summed E-state index contributed by atoms with van der Waals surface area (Å²) in [5.74, 6) is 0. The second-order valence-electron chi connectivity index (χ2n) is 1.31. The first kappa shape index (κ1) is 12.5. The van der Waals surface area contributed by atoms with Gasteiger partial charge in [0.15, 0.2) is 0 Å². The van der Waals surface area contributed by atoms with Gasteiger partial charge in [0, 0.05) is 0 Å². The first-order chi connectivity index (χ1) is 3.56. The van der Waals surface area contributed by atoms with Crippen molar-refractivity contribution in [3.8, 4) is 0 Å². The normalized spacial score (nSPS) is 10.4. The van der Waals surface area contributed by atoms with Crippen molar-refractivity contribution in [3.05, 3.63) is 0 Å². The molecule has 0 bridgehead atoms. The van der Waals surface area contributed by atoms with Gasteiger partial charge in [-0.05, 0) is 6.42 Å². The zero-order valence-electron chi connectivity index (χ0n) is 6.62. The van der Waals surface area contributed by atoms with Crippen LogP contribution in [0, 0.1) is 0 Å². The second kappa shape index (κ2) is 5.64. The largest absolute Gasteiger partial charge is 1.00 e. The van der Waals surface area contributed by atoms with Crippen molar-refractivity contribution in [2.75, 3.05) is 6.61 Å². The predicted octanol–water partition coefficient (Wildman–Crippen LogP) is -3.27. The van der Waals surface area contributed by atoms with Crippen LogP contribution in [0.1, 0.15) is 14.8 Å². The number of rotatable bonds is 3. The molecular weight excluding hydrogens is 153 g/mol. The summed E-state index contributed by atoms with van der Waals surface area (Å²) in [6.07, 6.45) is 0.649. The molecule has 0 aromatic heterocycles. The third-order valence-corrected chi connectivity index (χ3v) is 0.947. The van der Waals surface area contributed by atoms with Crippen LogP contribution in [0.3, 0.4) is 0 Å². The Morgan fingerprint density at radius 3 is 2.22 bits per heavy atom. The third kappa shape index (κ3) is 12.1. The summed E-state index contributed by atoms with van der Waals surface area (Å²) < 4.78 is 24.0. The maximum absolute atomic E-state index is 9.95. The van der Waals surface area contributed by atoms with E-state index in [2.05, 4.69) is 9.32 Å². The van der Waals surface area contributed by atoms with Crippen molar-refractivity contribution in [3.63, 3.8) is 0 Å². The molecule has 0 fully saturated rings. The molecule has 0 aliphatic carbocycles. The molecule has 0 aromatic carbocycles. The first-order valence-corrected chi connectivity index (χ1v) is 3.70. The van der Waals surface area contributed by atoms with Crippen molar-refractivity contribution < 1.29 is 43.6 Å². The summed E-state index contributed by atoms with van der Waals surface area (Å²) in [7, 11) is -3.69. The van der Waals surface area contributed by atoms with Crippen LogP contribution in [-0.2, 0) is 14.5 Å². The molecule has 0 unspecified atom stereocenters. The molecule has 0 atom stereocenters. The van der Waals surface area contributed by atoms with Crippen LogP contribution in [0.4, 0.5) is 0 Å². The zero-order chi connectivity index (χ0) is 6.62. The fraction of sp³-hybridized carbons (Fsp3) is 1.00. The Morgan fingerprint density at radius 1 is 1.67 bits per heavy atom. The van der Waals surface area contributed by atoms with Gasteiger partial charge >= 0.3 is 39.9 Å². The predicted molar refractivity (Wildman–Crippen MR) is 30.5 cm³/mol. The minimum Gasteiger partial charge on any atom is -1.00 e. The van der Waals surface area contributed by atoms with Crippen LogP contribution < -0.4 is 34.7 Å². The van der Waals surface area contributed by atoms with Gasteiger partial charge in [-0.3, -0.25) is 4.18 Å². The van der Waals surface area contributed by atoms with Crippen LogP contribution >= 0.6 is 0 Å². The molecule has 0 rings (SSSR count). The topological polar surface area (TPSA) is 69.4 Å². The Bertz CT molecular complexity index is 148. The van der Waals surface area contributed by atoms with Gasteiger partial charge < -0.3 is 1.43 Å². The maximum atomic E-state index is 9.95. The van der Waals surface area contributed by atoms with Crippen LogP contribution in [0.5, 0.6) is 0 Å². The zero-order valence-corrected chi connectivity index (χ0v) is 8.44. The maximum Gasteiger partial charge on any atom is 1.00 e. The Morgan fingerprint density at radius 2 is 2.11 bits per heavy atom. The van der Waals surface area contributed by atoms with E-state index < -0.39 is 10.3 Å². The van der Waals surface area contributed by atoms with Crippen LogP contribution in [-0.4, -0.2) is 15.0 Å². The quantitative estimate of drug-likeness (QED) is 0.444. The van der Waals surface area contributed by atoms with E-state index in [1.807, 2.05) is 0 Å². The van der Waals surface area contributed by atoms with Gasteiger partial charge in [-0.1, -0.05) is 6.92 Å². The van der Waals surface area contributed by atoms with Crippen molar-refractivity contribution in [1.29, 1.82) is 0 Å². The molecule has 0 spiro atoms. The summed E-state index contributed by atoms with van der Waals surface area (Å²) in [5.41, 5.74) is 0. The summed E-state index contributed by atoms with van der Waals surface area (Å²) in [6.45, 7) is 1.96. The molecular formula is C3H10NNaO3S. The van der Waals surface area contributed by atoms with Gasteiger partial charge in [0.1, 0.15) is 0 Å². The number of nitrogens with two attached hydrogens (primary N) is 1. The van der Waals surface area contributed by atoms with E-state index in [0.29, 0.717) is 6.42 Å². The van der Waals surface area contributed by atoms with E-state index in [1.54, 1.807) is 6.92 Å². The summed E-state index contributed by atoms with van der Waals surface area (Å²) in [6, 6.07) is 0. The van der Waals surface area contributed by atoms with Gasteiger partial charge in [-0.2, -0.15) is 8.42 Å². The van der Waals surface area contributed by atoms with Crippen LogP contribution in [0.15, 0.2) is 0 Å². The van der Waals surface area contributed by atoms with Gasteiger partial charge in [-0.25, -0.2) is 5.14 Å². The number of hydrogen-bond donors (Lipinski definition) is 1. The summed E-state index contributed by atoms with van der Waals surface area (Å²) >= 11 is 0. The van der Waals surface area contributed by atoms with Crippen molar-refractivity contribution in [2.45, 2.75) is 13.3 Å². The molecule has 0 aliphatic rings. The van der Waals surface area contributed by atoms with E-state index in [9.17, 15) is 8.42 Å². The van der Waals surface area contributed by atoms with Crippen molar-refractivity contribution in [2.24, 2.45) is 5.14 Å².